The molecule has 0 amide bonds. The Morgan fingerprint density at radius 1 is 1.24 bits per heavy atom. The first-order valence-electron chi connectivity index (χ1n) is 6.33. The first kappa shape index (κ1) is 14.2. The Balaban J connectivity index is 2.58. The van der Waals surface area contributed by atoms with Gasteiger partial charge in [0.05, 0.1) is 5.60 Å². The van der Waals surface area contributed by atoms with E-state index in [9.17, 15) is 0 Å². The van der Waals surface area contributed by atoms with E-state index in [1.807, 2.05) is 0 Å². The molecule has 0 heterocycles. The maximum atomic E-state index is 5.87. The second-order valence-electron chi connectivity index (χ2n) is 5.54. The van der Waals surface area contributed by atoms with E-state index in [1.54, 1.807) is 0 Å². The number of ether oxygens (including phenoxy) is 1. The molecule has 0 saturated heterocycles. The third kappa shape index (κ3) is 4.88. The second-order valence-corrected chi connectivity index (χ2v) is 5.54. The Bertz CT molecular complexity index is 341. The molecule has 2 heteroatoms. The quantitative estimate of drug-likeness (QED) is 0.850. The number of hydrogen-bond acceptors (Lipinski definition) is 2. The van der Waals surface area contributed by atoms with Crippen LogP contribution in [0.3, 0.4) is 0 Å². The summed E-state index contributed by atoms with van der Waals surface area (Å²) < 4.78 is 5.77. The van der Waals surface area contributed by atoms with Gasteiger partial charge in [-0.2, -0.15) is 0 Å². The lowest BCUT2D eigenvalue weighted by molar-refractivity contribution is -0.00602. The first-order valence-corrected chi connectivity index (χ1v) is 6.33. The topological polar surface area (TPSA) is 35.2 Å². The predicted octanol–water partition coefficient (Wildman–Crippen LogP) is 3.24. The van der Waals surface area contributed by atoms with Crippen LogP contribution in [0.4, 0.5) is 0 Å². The van der Waals surface area contributed by atoms with Crippen molar-refractivity contribution < 1.29 is 4.74 Å². The van der Waals surface area contributed by atoms with E-state index in [0.29, 0.717) is 12.5 Å². The van der Waals surface area contributed by atoms with E-state index < -0.39 is 0 Å². The fourth-order valence-electron chi connectivity index (χ4n) is 1.95. The van der Waals surface area contributed by atoms with Gasteiger partial charge in [-0.1, -0.05) is 24.3 Å². The molecule has 0 aliphatic rings. The minimum Gasteiger partial charge on any atom is -0.376 e. The largest absolute Gasteiger partial charge is 0.376 e. The van der Waals surface area contributed by atoms with Gasteiger partial charge in [-0.3, -0.25) is 0 Å². The van der Waals surface area contributed by atoms with E-state index >= 15 is 0 Å². The third-order valence-electron chi connectivity index (χ3n) is 2.91. The predicted molar refractivity (Wildman–Crippen MR) is 73.3 cm³/mol. The lowest BCUT2D eigenvalue weighted by Gasteiger charge is -2.23. The van der Waals surface area contributed by atoms with Crippen LogP contribution in [-0.4, -0.2) is 18.8 Å². The van der Waals surface area contributed by atoms with E-state index in [4.69, 9.17) is 10.5 Å². The van der Waals surface area contributed by atoms with Crippen LogP contribution in [0.5, 0.6) is 0 Å². The Morgan fingerprint density at radius 2 is 1.88 bits per heavy atom. The molecule has 0 bridgehead atoms. The SMILES string of the molecule is Cc1ccccc1C(CN)CCOC(C)(C)C. The average molecular weight is 235 g/mol. The zero-order valence-corrected chi connectivity index (χ0v) is 11.5. The van der Waals surface area contributed by atoms with Crippen LogP contribution in [0.2, 0.25) is 0 Å². The van der Waals surface area contributed by atoms with E-state index in [1.165, 1.54) is 11.1 Å². The highest BCUT2D eigenvalue weighted by molar-refractivity contribution is 5.29. The molecule has 1 atom stereocenters. The maximum absolute atomic E-state index is 5.87. The van der Waals surface area contributed by atoms with Crippen molar-refractivity contribution in [2.75, 3.05) is 13.2 Å². The van der Waals surface area contributed by atoms with Crippen LogP contribution in [0.1, 0.15) is 44.2 Å². The molecule has 2 nitrogen and oxygen atoms in total. The van der Waals surface area contributed by atoms with Gasteiger partial charge in [-0.25, -0.2) is 0 Å². The summed E-state index contributed by atoms with van der Waals surface area (Å²) in [4.78, 5) is 0. The maximum Gasteiger partial charge on any atom is 0.0598 e. The normalized spacial score (nSPS) is 13.7. The summed E-state index contributed by atoms with van der Waals surface area (Å²) in [5.41, 5.74) is 8.48. The van der Waals surface area contributed by atoms with E-state index in [0.717, 1.165) is 13.0 Å². The van der Waals surface area contributed by atoms with Gasteiger partial charge in [0.25, 0.3) is 0 Å². The van der Waals surface area contributed by atoms with Crippen LogP contribution in [0.15, 0.2) is 24.3 Å². The van der Waals surface area contributed by atoms with Crippen molar-refractivity contribution in [2.45, 2.75) is 45.6 Å². The molecule has 0 aromatic heterocycles. The number of benzene rings is 1. The summed E-state index contributed by atoms with van der Waals surface area (Å²) in [6, 6.07) is 8.46. The molecule has 2 N–H and O–H groups in total. The zero-order valence-electron chi connectivity index (χ0n) is 11.5. The number of nitrogens with two attached hydrogens (primary N) is 1. The van der Waals surface area contributed by atoms with Crippen molar-refractivity contribution in [1.82, 2.24) is 0 Å². The highest BCUT2D eigenvalue weighted by Crippen LogP contribution is 2.22. The van der Waals surface area contributed by atoms with Gasteiger partial charge in [0, 0.05) is 6.61 Å². The number of rotatable bonds is 5. The first-order chi connectivity index (χ1) is 7.94. The Morgan fingerprint density at radius 3 is 2.41 bits per heavy atom. The molecule has 0 saturated carbocycles. The Kier molecular flexibility index (Phi) is 5.16. The summed E-state index contributed by atoms with van der Waals surface area (Å²) in [5, 5.41) is 0. The molecule has 0 fully saturated rings. The molecule has 0 aliphatic heterocycles. The summed E-state index contributed by atoms with van der Waals surface area (Å²) in [7, 11) is 0. The third-order valence-corrected chi connectivity index (χ3v) is 2.91. The molecular formula is C15H25NO. The van der Waals surface area contributed by atoms with Crippen molar-refractivity contribution in [3.63, 3.8) is 0 Å². The molecule has 0 spiro atoms. The van der Waals surface area contributed by atoms with Gasteiger partial charge in [-0.15, -0.1) is 0 Å². The molecular weight excluding hydrogens is 210 g/mol. The van der Waals surface area contributed by atoms with Crippen molar-refractivity contribution >= 4 is 0 Å². The van der Waals surface area contributed by atoms with Gasteiger partial charge in [0.1, 0.15) is 0 Å². The summed E-state index contributed by atoms with van der Waals surface area (Å²) in [6.45, 7) is 9.83. The van der Waals surface area contributed by atoms with Gasteiger partial charge in [-0.05, 0) is 57.7 Å². The van der Waals surface area contributed by atoms with Crippen LogP contribution >= 0.6 is 0 Å². The lowest BCUT2D eigenvalue weighted by Crippen LogP contribution is -2.22. The fraction of sp³-hybridized carbons (Fsp3) is 0.600. The number of aryl methyl sites for hydroxylation is 1. The molecule has 1 aromatic carbocycles. The molecule has 1 rings (SSSR count). The zero-order chi connectivity index (χ0) is 12.9. The smallest absolute Gasteiger partial charge is 0.0598 e. The van der Waals surface area contributed by atoms with Crippen molar-refractivity contribution in [2.24, 2.45) is 5.73 Å². The Labute approximate surface area is 105 Å². The molecule has 0 aliphatic carbocycles. The van der Waals surface area contributed by atoms with E-state index in [-0.39, 0.29) is 5.60 Å². The van der Waals surface area contributed by atoms with Gasteiger partial charge in [0.15, 0.2) is 0 Å². The monoisotopic (exact) mass is 235 g/mol. The molecule has 1 aromatic rings. The van der Waals surface area contributed by atoms with Crippen LogP contribution < -0.4 is 5.73 Å². The van der Waals surface area contributed by atoms with Crippen molar-refractivity contribution in [1.29, 1.82) is 0 Å². The van der Waals surface area contributed by atoms with E-state index in [2.05, 4.69) is 52.0 Å². The Hall–Kier alpha value is -0.860. The molecule has 1 unspecified atom stereocenters. The van der Waals surface area contributed by atoms with Gasteiger partial charge < -0.3 is 10.5 Å². The average Bonchev–Trinajstić information content (AvgIpc) is 2.24. The summed E-state index contributed by atoms with van der Waals surface area (Å²) >= 11 is 0. The second kappa shape index (κ2) is 6.18. The summed E-state index contributed by atoms with van der Waals surface area (Å²) in [6.07, 6.45) is 0.985. The highest BCUT2D eigenvalue weighted by atomic mass is 16.5. The summed E-state index contributed by atoms with van der Waals surface area (Å²) in [5.74, 6) is 0.401. The van der Waals surface area contributed by atoms with Crippen LogP contribution in [0.25, 0.3) is 0 Å². The fourth-order valence-corrected chi connectivity index (χ4v) is 1.95. The van der Waals surface area contributed by atoms with Crippen molar-refractivity contribution in [3.05, 3.63) is 35.4 Å². The van der Waals surface area contributed by atoms with Crippen molar-refractivity contribution in [3.8, 4) is 0 Å². The minimum absolute atomic E-state index is 0.0646. The number of hydrogen-bond donors (Lipinski definition) is 1. The van der Waals surface area contributed by atoms with Crippen LogP contribution in [0, 0.1) is 6.92 Å². The lowest BCUT2D eigenvalue weighted by atomic mass is 9.92. The van der Waals surface area contributed by atoms with Crippen LogP contribution in [-0.2, 0) is 4.74 Å². The standard InChI is InChI=1S/C15H25NO/c1-12-7-5-6-8-14(12)13(11-16)9-10-17-15(2,3)4/h5-8,13H,9-11,16H2,1-4H3. The molecule has 17 heavy (non-hydrogen) atoms. The molecule has 0 radical (unpaired) electrons. The van der Waals surface area contributed by atoms with Gasteiger partial charge >= 0.3 is 0 Å². The van der Waals surface area contributed by atoms with Gasteiger partial charge in [0.2, 0.25) is 0 Å². The molecule has 96 valence electrons. The highest BCUT2D eigenvalue weighted by Gasteiger charge is 2.14. The minimum atomic E-state index is -0.0646.